The number of para-hydroxylation sites is 1. The lowest BCUT2D eigenvalue weighted by atomic mass is 9.99. The van der Waals surface area contributed by atoms with Crippen LogP contribution in [0.2, 0.25) is 0 Å². The molecule has 0 N–H and O–H groups in total. The SMILES string of the molecule is c1ccc(-c2cc(-c3ccccc3)nc(-c3ccc4c(c3)c3sc5sc6ccccc6c5c3n4-c3ccccc3)c2)cc1. The predicted molar refractivity (Wildman–Crippen MR) is 186 cm³/mol. The first-order valence-corrected chi connectivity index (χ1v) is 16.0. The summed E-state index contributed by atoms with van der Waals surface area (Å²) in [5.74, 6) is 0. The van der Waals surface area contributed by atoms with Gasteiger partial charge in [-0.15, -0.1) is 22.7 Å². The number of rotatable bonds is 4. The van der Waals surface area contributed by atoms with Crippen molar-refractivity contribution in [1.82, 2.24) is 9.55 Å². The van der Waals surface area contributed by atoms with Gasteiger partial charge in [-0.2, -0.15) is 0 Å². The van der Waals surface area contributed by atoms with Crippen molar-refractivity contribution in [3.8, 4) is 39.3 Å². The molecule has 43 heavy (non-hydrogen) atoms. The number of hydrogen-bond acceptors (Lipinski definition) is 3. The molecule has 0 bridgehead atoms. The summed E-state index contributed by atoms with van der Waals surface area (Å²) in [7, 11) is 0. The molecule has 0 fully saturated rings. The van der Waals surface area contributed by atoms with Gasteiger partial charge in [-0.05, 0) is 53.6 Å². The van der Waals surface area contributed by atoms with Gasteiger partial charge >= 0.3 is 0 Å². The zero-order valence-electron chi connectivity index (χ0n) is 23.1. The first-order valence-electron chi connectivity index (χ1n) is 14.4. The molecule has 9 aromatic rings. The summed E-state index contributed by atoms with van der Waals surface area (Å²) < 4.78 is 6.50. The van der Waals surface area contributed by atoms with Gasteiger partial charge in [0, 0.05) is 37.7 Å². The molecule has 2 nitrogen and oxygen atoms in total. The van der Waals surface area contributed by atoms with Gasteiger partial charge in [0.2, 0.25) is 0 Å². The van der Waals surface area contributed by atoms with Gasteiger partial charge in [0.05, 0.1) is 31.1 Å². The van der Waals surface area contributed by atoms with E-state index < -0.39 is 0 Å². The molecule has 4 aromatic heterocycles. The van der Waals surface area contributed by atoms with Crippen molar-refractivity contribution in [1.29, 1.82) is 0 Å². The maximum absolute atomic E-state index is 5.22. The summed E-state index contributed by atoms with van der Waals surface area (Å²) in [6.45, 7) is 0. The van der Waals surface area contributed by atoms with Crippen molar-refractivity contribution in [3.05, 3.63) is 146 Å². The number of aromatic nitrogens is 2. The van der Waals surface area contributed by atoms with E-state index in [-0.39, 0.29) is 0 Å². The second kappa shape index (κ2) is 9.77. The fraction of sp³-hybridized carbons (Fsp3) is 0. The molecule has 4 heterocycles. The van der Waals surface area contributed by atoms with Gasteiger partial charge in [0.25, 0.3) is 0 Å². The Kier molecular flexibility index (Phi) is 5.58. The monoisotopic (exact) mass is 584 g/mol. The highest BCUT2D eigenvalue weighted by Gasteiger charge is 2.21. The van der Waals surface area contributed by atoms with Crippen LogP contribution in [0.5, 0.6) is 0 Å². The highest BCUT2D eigenvalue weighted by atomic mass is 32.2. The van der Waals surface area contributed by atoms with Gasteiger partial charge in [-0.25, -0.2) is 4.98 Å². The minimum absolute atomic E-state index is 0.978. The summed E-state index contributed by atoms with van der Waals surface area (Å²) >= 11 is 3.81. The summed E-state index contributed by atoms with van der Waals surface area (Å²) in [6.07, 6.45) is 0. The minimum Gasteiger partial charge on any atom is -0.308 e. The van der Waals surface area contributed by atoms with Crippen molar-refractivity contribution < 1.29 is 0 Å². The van der Waals surface area contributed by atoms with Crippen LogP contribution in [0.25, 0.3) is 79.9 Å². The quantitative estimate of drug-likeness (QED) is 0.201. The molecule has 0 atom stereocenters. The van der Waals surface area contributed by atoms with Crippen LogP contribution in [0.15, 0.2) is 146 Å². The first-order chi connectivity index (χ1) is 21.3. The largest absolute Gasteiger partial charge is 0.308 e. The normalized spacial score (nSPS) is 11.7. The van der Waals surface area contributed by atoms with Crippen LogP contribution < -0.4 is 0 Å². The fourth-order valence-electron chi connectivity index (χ4n) is 6.24. The third kappa shape index (κ3) is 3.95. The zero-order chi connectivity index (χ0) is 28.3. The molecule has 0 saturated heterocycles. The van der Waals surface area contributed by atoms with E-state index in [2.05, 4.69) is 150 Å². The Balaban J connectivity index is 1.33. The number of thiophene rings is 2. The van der Waals surface area contributed by atoms with Crippen LogP contribution in [0.4, 0.5) is 0 Å². The van der Waals surface area contributed by atoms with Crippen molar-refractivity contribution in [2.24, 2.45) is 0 Å². The Hall–Kier alpha value is -5.03. The molecule has 0 unspecified atom stereocenters. The number of hydrogen-bond donors (Lipinski definition) is 0. The third-order valence-electron chi connectivity index (χ3n) is 8.23. The molecule has 9 rings (SSSR count). The number of pyridine rings is 1. The average Bonchev–Trinajstić information content (AvgIpc) is 3.72. The fourth-order valence-corrected chi connectivity index (χ4v) is 8.92. The van der Waals surface area contributed by atoms with E-state index in [9.17, 15) is 0 Å². The van der Waals surface area contributed by atoms with E-state index in [4.69, 9.17) is 4.98 Å². The highest BCUT2D eigenvalue weighted by Crippen LogP contribution is 2.49. The molecule has 0 aliphatic carbocycles. The Labute approximate surface area is 256 Å². The molecule has 202 valence electrons. The Morgan fingerprint density at radius 2 is 1.14 bits per heavy atom. The average molecular weight is 585 g/mol. The van der Waals surface area contributed by atoms with E-state index in [0.29, 0.717) is 0 Å². The van der Waals surface area contributed by atoms with Crippen molar-refractivity contribution in [3.63, 3.8) is 0 Å². The molecular formula is C39H24N2S2. The van der Waals surface area contributed by atoms with Crippen LogP contribution in [0.3, 0.4) is 0 Å². The van der Waals surface area contributed by atoms with Gasteiger partial charge in [-0.1, -0.05) is 103 Å². The van der Waals surface area contributed by atoms with E-state index in [0.717, 1.165) is 22.5 Å². The van der Waals surface area contributed by atoms with E-state index in [1.807, 2.05) is 22.7 Å². The summed E-state index contributed by atoms with van der Waals surface area (Å²) in [6, 6.07) is 51.9. The van der Waals surface area contributed by atoms with Crippen LogP contribution >= 0.6 is 22.7 Å². The molecule has 0 radical (unpaired) electrons. The molecule has 0 saturated carbocycles. The molecule has 4 heteroatoms. The van der Waals surface area contributed by atoms with E-state index >= 15 is 0 Å². The van der Waals surface area contributed by atoms with Gasteiger partial charge in [-0.3, -0.25) is 0 Å². The number of nitrogens with zero attached hydrogens (tertiary/aromatic N) is 2. The molecule has 0 spiro atoms. The maximum atomic E-state index is 5.22. The summed E-state index contributed by atoms with van der Waals surface area (Å²) in [5.41, 5.74) is 10.2. The second-order valence-corrected chi connectivity index (χ2v) is 13.1. The van der Waals surface area contributed by atoms with Crippen molar-refractivity contribution in [2.45, 2.75) is 0 Å². The molecule has 0 amide bonds. The zero-order valence-corrected chi connectivity index (χ0v) is 24.7. The topological polar surface area (TPSA) is 17.8 Å². The lowest BCUT2D eigenvalue weighted by Gasteiger charge is -2.11. The van der Waals surface area contributed by atoms with E-state index in [1.54, 1.807) is 0 Å². The molecule has 0 aliphatic rings. The predicted octanol–water partition coefficient (Wildman–Crippen LogP) is 11.6. The van der Waals surface area contributed by atoms with Crippen molar-refractivity contribution in [2.75, 3.05) is 0 Å². The van der Waals surface area contributed by atoms with Gasteiger partial charge in [0.1, 0.15) is 0 Å². The van der Waals surface area contributed by atoms with Crippen LogP contribution in [0.1, 0.15) is 0 Å². The van der Waals surface area contributed by atoms with E-state index in [1.165, 1.54) is 57.4 Å². The van der Waals surface area contributed by atoms with Crippen LogP contribution in [-0.2, 0) is 0 Å². The number of fused-ring (bicyclic) bond motifs is 7. The molecule has 0 aliphatic heterocycles. The minimum atomic E-state index is 0.978. The standard InChI is InChI=1S/C39H24N2S2/c1-4-12-25(13-5-1)28-23-32(26-14-6-2-7-15-26)40-33(24-28)27-20-21-34-31(22-27)38-37(41(34)29-16-8-3-9-17-29)36-30-18-10-11-19-35(30)42-39(36)43-38/h1-24H. The van der Waals surface area contributed by atoms with Gasteiger partial charge < -0.3 is 4.57 Å². The third-order valence-corrected chi connectivity index (χ3v) is 10.7. The maximum Gasteiger partial charge on any atom is 0.0906 e. The molecule has 5 aromatic carbocycles. The Bertz CT molecular complexity index is 2380. The smallest absolute Gasteiger partial charge is 0.0906 e. The van der Waals surface area contributed by atoms with Crippen LogP contribution in [-0.4, -0.2) is 9.55 Å². The lowest BCUT2D eigenvalue weighted by Crippen LogP contribution is -1.94. The van der Waals surface area contributed by atoms with Crippen LogP contribution in [0, 0.1) is 0 Å². The first kappa shape index (κ1) is 24.6. The highest BCUT2D eigenvalue weighted by molar-refractivity contribution is 7.45. The summed E-state index contributed by atoms with van der Waals surface area (Å²) in [5, 5.41) is 3.96. The Morgan fingerprint density at radius 3 is 1.91 bits per heavy atom. The molecular weight excluding hydrogens is 561 g/mol. The summed E-state index contributed by atoms with van der Waals surface area (Å²) in [4.78, 5) is 5.22. The lowest BCUT2D eigenvalue weighted by molar-refractivity contribution is 1.19. The van der Waals surface area contributed by atoms with Gasteiger partial charge in [0.15, 0.2) is 0 Å². The Morgan fingerprint density at radius 1 is 0.488 bits per heavy atom. The van der Waals surface area contributed by atoms with Crippen molar-refractivity contribution >= 4 is 63.3 Å². The second-order valence-electron chi connectivity index (χ2n) is 10.8. The number of benzene rings is 5.